The molecular formula is C11H7F2NO2S. The van der Waals surface area contributed by atoms with Crippen LogP contribution in [0.5, 0.6) is 0 Å². The van der Waals surface area contributed by atoms with Gasteiger partial charge in [0.1, 0.15) is 12.2 Å². The van der Waals surface area contributed by atoms with Crippen LogP contribution in [0.3, 0.4) is 0 Å². The summed E-state index contributed by atoms with van der Waals surface area (Å²) in [5, 5.41) is 1.83. The Kier molecular flexibility index (Phi) is 3.43. The van der Waals surface area contributed by atoms with Crippen LogP contribution < -0.4 is 0 Å². The SMILES string of the molecule is O=C(OCc1cccs1)c1ccnc(F)c1F. The van der Waals surface area contributed by atoms with Gasteiger partial charge in [-0.15, -0.1) is 11.3 Å². The predicted octanol–water partition coefficient (Wildman–Crippen LogP) is 2.78. The zero-order valence-electron chi connectivity index (χ0n) is 8.52. The van der Waals surface area contributed by atoms with Crippen LogP contribution in [0.1, 0.15) is 15.2 Å². The van der Waals surface area contributed by atoms with Crippen molar-refractivity contribution >= 4 is 17.3 Å². The molecule has 0 saturated heterocycles. The lowest BCUT2D eigenvalue weighted by atomic mass is 10.2. The van der Waals surface area contributed by atoms with Gasteiger partial charge in [0.15, 0.2) is 5.82 Å². The molecule has 2 rings (SSSR count). The molecule has 17 heavy (non-hydrogen) atoms. The maximum Gasteiger partial charge on any atom is 0.341 e. The van der Waals surface area contributed by atoms with E-state index in [-0.39, 0.29) is 6.61 Å². The number of hydrogen-bond donors (Lipinski definition) is 0. The molecule has 88 valence electrons. The number of pyridine rings is 1. The van der Waals surface area contributed by atoms with Crippen LogP contribution in [0.2, 0.25) is 0 Å². The number of nitrogens with zero attached hydrogens (tertiary/aromatic N) is 1. The topological polar surface area (TPSA) is 39.2 Å². The van der Waals surface area contributed by atoms with Gasteiger partial charge in [0.25, 0.3) is 0 Å². The Morgan fingerprint density at radius 2 is 2.24 bits per heavy atom. The number of halogens is 2. The van der Waals surface area contributed by atoms with Gasteiger partial charge >= 0.3 is 5.97 Å². The Hall–Kier alpha value is -1.82. The van der Waals surface area contributed by atoms with Crippen molar-refractivity contribution in [2.45, 2.75) is 6.61 Å². The van der Waals surface area contributed by atoms with E-state index in [0.29, 0.717) is 0 Å². The lowest BCUT2D eigenvalue weighted by molar-refractivity contribution is 0.0469. The van der Waals surface area contributed by atoms with E-state index in [1.807, 2.05) is 5.38 Å². The fraction of sp³-hybridized carbons (Fsp3) is 0.0909. The van der Waals surface area contributed by atoms with Crippen molar-refractivity contribution in [3.63, 3.8) is 0 Å². The Labute approximate surface area is 99.7 Å². The van der Waals surface area contributed by atoms with E-state index in [0.717, 1.165) is 17.1 Å². The van der Waals surface area contributed by atoms with Gasteiger partial charge in [-0.05, 0) is 17.5 Å². The fourth-order valence-electron chi connectivity index (χ4n) is 1.18. The second-order valence-electron chi connectivity index (χ2n) is 3.12. The first kappa shape index (κ1) is 11.7. The number of carbonyl (C=O) groups is 1. The van der Waals surface area contributed by atoms with Crippen molar-refractivity contribution in [2.75, 3.05) is 0 Å². The average molecular weight is 255 g/mol. The van der Waals surface area contributed by atoms with Crippen molar-refractivity contribution in [1.82, 2.24) is 4.98 Å². The van der Waals surface area contributed by atoms with Crippen LogP contribution in [0.15, 0.2) is 29.8 Å². The minimum Gasteiger partial charge on any atom is -0.456 e. The molecule has 2 aromatic heterocycles. The van der Waals surface area contributed by atoms with Crippen molar-refractivity contribution in [1.29, 1.82) is 0 Å². The number of carbonyl (C=O) groups excluding carboxylic acids is 1. The maximum absolute atomic E-state index is 13.2. The Morgan fingerprint density at radius 1 is 1.41 bits per heavy atom. The highest BCUT2D eigenvalue weighted by molar-refractivity contribution is 7.09. The molecule has 0 radical (unpaired) electrons. The number of esters is 1. The number of aromatic nitrogens is 1. The summed E-state index contributed by atoms with van der Waals surface area (Å²) >= 11 is 1.41. The Morgan fingerprint density at radius 3 is 2.94 bits per heavy atom. The molecule has 0 spiro atoms. The van der Waals surface area contributed by atoms with Gasteiger partial charge in [0.05, 0.1) is 0 Å². The number of thiophene rings is 1. The third kappa shape index (κ3) is 2.65. The van der Waals surface area contributed by atoms with E-state index >= 15 is 0 Å². The van der Waals surface area contributed by atoms with Gasteiger partial charge in [-0.25, -0.2) is 14.2 Å². The minimum absolute atomic E-state index is 0.0415. The first-order chi connectivity index (χ1) is 8.18. The molecule has 0 saturated carbocycles. The number of ether oxygens (including phenoxy) is 1. The molecule has 3 nitrogen and oxygen atoms in total. The molecule has 0 aliphatic heterocycles. The monoisotopic (exact) mass is 255 g/mol. The lowest BCUT2D eigenvalue weighted by Crippen LogP contribution is -2.09. The summed E-state index contributed by atoms with van der Waals surface area (Å²) in [5.41, 5.74) is -0.450. The highest BCUT2D eigenvalue weighted by Crippen LogP contribution is 2.14. The number of hydrogen-bond acceptors (Lipinski definition) is 4. The van der Waals surface area contributed by atoms with Crippen molar-refractivity contribution < 1.29 is 18.3 Å². The van der Waals surface area contributed by atoms with Gasteiger partial charge in [0, 0.05) is 11.1 Å². The first-order valence-corrected chi connectivity index (χ1v) is 5.56. The fourth-order valence-corrected chi connectivity index (χ4v) is 1.80. The summed E-state index contributed by atoms with van der Waals surface area (Å²) in [6.45, 7) is 0.0415. The molecule has 0 amide bonds. The highest BCUT2D eigenvalue weighted by atomic mass is 32.1. The van der Waals surface area contributed by atoms with Gasteiger partial charge in [0.2, 0.25) is 5.95 Å². The molecule has 0 N–H and O–H groups in total. The molecule has 0 bridgehead atoms. The van der Waals surface area contributed by atoms with Crippen LogP contribution in [0.25, 0.3) is 0 Å². The second-order valence-corrected chi connectivity index (χ2v) is 4.15. The van der Waals surface area contributed by atoms with Gasteiger partial charge < -0.3 is 4.74 Å². The average Bonchev–Trinajstić information content (AvgIpc) is 2.82. The van der Waals surface area contributed by atoms with E-state index in [1.54, 1.807) is 12.1 Å². The predicted molar refractivity (Wildman–Crippen MR) is 57.6 cm³/mol. The Bertz CT molecular complexity index is 528. The molecular weight excluding hydrogens is 248 g/mol. The zero-order valence-corrected chi connectivity index (χ0v) is 9.34. The third-order valence-electron chi connectivity index (χ3n) is 1.99. The largest absolute Gasteiger partial charge is 0.456 e. The van der Waals surface area contributed by atoms with Crippen LogP contribution in [-0.2, 0) is 11.3 Å². The lowest BCUT2D eigenvalue weighted by Gasteiger charge is -2.04. The van der Waals surface area contributed by atoms with E-state index in [9.17, 15) is 13.6 Å². The molecule has 0 aromatic carbocycles. The van der Waals surface area contributed by atoms with Crippen LogP contribution >= 0.6 is 11.3 Å². The van der Waals surface area contributed by atoms with Crippen LogP contribution in [0.4, 0.5) is 8.78 Å². The zero-order chi connectivity index (χ0) is 12.3. The van der Waals surface area contributed by atoms with Crippen LogP contribution in [0, 0.1) is 11.8 Å². The van der Waals surface area contributed by atoms with Crippen molar-refractivity contribution in [3.8, 4) is 0 Å². The normalized spacial score (nSPS) is 10.2. The van der Waals surface area contributed by atoms with Crippen molar-refractivity contribution in [2.24, 2.45) is 0 Å². The summed E-state index contributed by atoms with van der Waals surface area (Å²) in [5.74, 6) is -3.50. The quantitative estimate of drug-likeness (QED) is 0.625. The minimum atomic E-state index is -1.31. The maximum atomic E-state index is 13.2. The molecule has 0 aliphatic carbocycles. The van der Waals surface area contributed by atoms with Gasteiger partial charge in [-0.2, -0.15) is 4.39 Å². The van der Waals surface area contributed by atoms with E-state index in [1.165, 1.54) is 11.3 Å². The molecule has 2 aromatic rings. The summed E-state index contributed by atoms with van der Waals surface area (Å²) in [6.07, 6.45) is 1.01. The van der Waals surface area contributed by atoms with Crippen molar-refractivity contribution in [3.05, 3.63) is 52.0 Å². The standard InChI is InChI=1S/C11H7F2NO2S/c12-9-8(3-4-14-10(9)13)11(15)16-6-7-2-1-5-17-7/h1-5H,6H2. The highest BCUT2D eigenvalue weighted by Gasteiger charge is 2.17. The molecule has 0 unspecified atom stereocenters. The smallest absolute Gasteiger partial charge is 0.341 e. The third-order valence-corrected chi connectivity index (χ3v) is 2.84. The van der Waals surface area contributed by atoms with Gasteiger partial charge in [-0.1, -0.05) is 6.07 Å². The number of rotatable bonds is 3. The van der Waals surface area contributed by atoms with Crippen LogP contribution in [-0.4, -0.2) is 11.0 Å². The summed E-state index contributed by atoms with van der Waals surface area (Å²) in [4.78, 5) is 15.4. The molecule has 0 atom stereocenters. The van der Waals surface area contributed by atoms with E-state index < -0.39 is 23.3 Å². The summed E-state index contributed by atoms with van der Waals surface area (Å²) < 4.78 is 30.8. The molecule has 0 fully saturated rings. The second kappa shape index (κ2) is 5.01. The van der Waals surface area contributed by atoms with E-state index in [4.69, 9.17) is 4.74 Å². The molecule has 2 heterocycles. The summed E-state index contributed by atoms with van der Waals surface area (Å²) in [7, 11) is 0. The molecule has 6 heteroatoms. The first-order valence-electron chi connectivity index (χ1n) is 4.68. The van der Waals surface area contributed by atoms with E-state index in [2.05, 4.69) is 4.98 Å². The molecule has 0 aliphatic rings. The Balaban J connectivity index is 2.07. The summed E-state index contributed by atoms with van der Waals surface area (Å²) in [6, 6.07) is 4.66. The van der Waals surface area contributed by atoms with Gasteiger partial charge in [-0.3, -0.25) is 0 Å².